The van der Waals surface area contributed by atoms with Crippen LogP contribution < -0.4 is 0 Å². The van der Waals surface area contributed by atoms with Crippen molar-refractivity contribution < 1.29 is 9.90 Å². The molecule has 1 spiro atoms. The molecule has 2 unspecified atom stereocenters. The molecule has 1 amide bonds. The Morgan fingerprint density at radius 2 is 1.88 bits per heavy atom. The zero-order valence-corrected chi connectivity index (χ0v) is 21.3. The predicted molar refractivity (Wildman–Crippen MR) is 129 cm³/mol. The molecule has 3 saturated carbocycles. The maximum Gasteiger partial charge on any atom is 0.251 e. The van der Waals surface area contributed by atoms with Crippen molar-refractivity contribution in [1.82, 2.24) is 9.80 Å². The standard InChI is InChI=1S/C28H46N2O2/c1-17(2)25(31)26(32)30(6)20-11-13-27(4)19(15-20)7-8-21-23(27)12-14-28-16-29(5)18(3)22(28)9-10-24(21)28/h7,17-18,20-25,31H,8-16H2,1-6H3/t18-,20-,21+,22+,23-,24-,25?,27-,28?/m0/s1. The maximum absolute atomic E-state index is 12.8. The second kappa shape index (κ2) is 7.83. The summed E-state index contributed by atoms with van der Waals surface area (Å²) in [5, 5.41) is 10.3. The first-order valence-electron chi connectivity index (χ1n) is 13.4. The van der Waals surface area contributed by atoms with Gasteiger partial charge in [-0.05, 0) is 106 Å². The Balaban J connectivity index is 1.35. The number of fused-ring (bicyclic) bond motifs is 4. The van der Waals surface area contributed by atoms with Crippen molar-refractivity contribution >= 4 is 5.91 Å². The van der Waals surface area contributed by atoms with Crippen LogP contribution in [0.15, 0.2) is 11.6 Å². The number of carbonyl (C=O) groups is 1. The molecule has 0 radical (unpaired) electrons. The van der Waals surface area contributed by atoms with Crippen LogP contribution in [0.3, 0.4) is 0 Å². The Labute approximate surface area is 195 Å². The van der Waals surface area contributed by atoms with Gasteiger partial charge in [-0.25, -0.2) is 0 Å². The van der Waals surface area contributed by atoms with E-state index in [2.05, 4.69) is 31.9 Å². The Morgan fingerprint density at radius 3 is 2.59 bits per heavy atom. The molecule has 1 aliphatic heterocycles. The number of amides is 1. The van der Waals surface area contributed by atoms with Crippen LogP contribution in [0.2, 0.25) is 0 Å². The molecule has 9 atom stereocenters. The van der Waals surface area contributed by atoms with Gasteiger partial charge in [-0.15, -0.1) is 0 Å². The highest BCUT2D eigenvalue weighted by Gasteiger charge is 2.64. The number of aliphatic hydroxyl groups excluding tert-OH is 1. The Morgan fingerprint density at radius 1 is 1.16 bits per heavy atom. The van der Waals surface area contributed by atoms with Gasteiger partial charge in [-0.1, -0.05) is 32.4 Å². The number of nitrogens with zero attached hydrogens (tertiary/aromatic N) is 2. The van der Waals surface area contributed by atoms with Crippen LogP contribution in [0.4, 0.5) is 0 Å². The molecule has 0 aromatic carbocycles. The Hall–Kier alpha value is -0.870. The van der Waals surface area contributed by atoms with Gasteiger partial charge in [0.05, 0.1) is 0 Å². The van der Waals surface area contributed by atoms with Crippen molar-refractivity contribution in [3.8, 4) is 0 Å². The number of allylic oxidation sites excluding steroid dienone is 1. The minimum absolute atomic E-state index is 0.0318. The summed E-state index contributed by atoms with van der Waals surface area (Å²) in [6, 6.07) is 0.994. The van der Waals surface area contributed by atoms with Gasteiger partial charge in [0.1, 0.15) is 6.10 Å². The summed E-state index contributed by atoms with van der Waals surface area (Å²) in [7, 11) is 4.27. The van der Waals surface area contributed by atoms with E-state index in [1.54, 1.807) is 5.57 Å². The third kappa shape index (κ3) is 3.11. The SMILES string of the molecule is CC(C)C(O)C(=O)N(C)[C@H]1CC[C@@]2(C)C(=CC[C@H]3[C@@H]4CC[C@@H]5[C@H](C)N(C)CC54CC[C@@H]32)C1. The van der Waals surface area contributed by atoms with Crippen LogP contribution in [-0.2, 0) is 4.79 Å². The maximum atomic E-state index is 12.8. The molecule has 0 aromatic rings. The number of aliphatic hydroxyl groups is 1. The predicted octanol–water partition coefficient (Wildman–Crippen LogP) is 4.72. The molecule has 0 bridgehead atoms. The quantitative estimate of drug-likeness (QED) is 0.643. The van der Waals surface area contributed by atoms with E-state index in [4.69, 9.17) is 0 Å². The van der Waals surface area contributed by atoms with Crippen LogP contribution in [0.1, 0.15) is 79.1 Å². The summed E-state index contributed by atoms with van der Waals surface area (Å²) in [4.78, 5) is 17.3. The average Bonchev–Trinajstić information content (AvgIpc) is 3.25. The fraction of sp³-hybridized carbons (Fsp3) is 0.893. The largest absolute Gasteiger partial charge is 0.383 e. The number of likely N-dealkylation sites (N-methyl/N-ethyl adjacent to an activating group) is 1. The van der Waals surface area contributed by atoms with E-state index in [9.17, 15) is 9.90 Å². The Kier molecular flexibility index (Phi) is 5.61. The fourth-order valence-electron chi connectivity index (χ4n) is 9.45. The number of rotatable bonds is 3. The monoisotopic (exact) mass is 442 g/mol. The van der Waals surface area contributed by atoms with Gasteiger partial charge in [0, 0.05) is 25.7 Å². The number of carbonyl (C=O) groups excluding carboxylic acids is 1. The highest BCUT2D eigenvalue weighted by molar-refractivity contribution is 5.81. The topological polar surface area (TPSA) is 43.8 Å². The zero-order chi connectivity index (χ0) is 23.0. The van der Waals surface area contributed by atoms with Crippen molar-refractivity contribution in [2.45, 2.75) is 97.2 Å². The van der Waals surface area contributed by atoms with Gasteiger partial charge in [0.15, 0.2) is 0 Å². The summed E-state index contributed by atoms with van der Waals surface area (Å²) in [6.07, 6.45) is 12.0. The molecule has 5 aliphatic rings. The summed E-state index contributed by atoms with van der Waals surface area (Å²) in [6.45, 7) is 10.2. The minimum Gasteiger partial charge on any atom is -0.383 e. The van der Waals surface area contributed by atoms with E-state index < -0.39 is 6.10 Å². The van der Waals surface area contributed by atoms with Crippen LogP contribution in [-0.4, -0.2) is 59.6 Å². The van der Waals surface area contributed by atoms with E-state index in [1.165, 1.54) is 45.1 Å². The highest BCUT2D eigenvalue weighted by Crippen LogP contribution is 2.68. The van der Waals surface area contributed by atoms with E-state index in [1.807, 2.05) is 25.8 Å². The summed E-state index contributed by atoms with van der Waals surface area (Å²) in [5.41, 5.74) is 2.53. The average molecular weight is 443 g/mol. The van der Waals surface area contributed by atoms with Crippen molar-refractivity contribution in [3.05, 3.63) is 11.6 Å². The molecule has 1 saturated heterocycles. The van der Waals surface area contributed by atoms with Crippen molar-refractivity contribution in [1.29, 1.82) is 0 Å². The van der Waals surface area contributed by atoms with Gasteiger partial charge >= 0.3 is 0 Å². The number of hydrogen-bond acceptors (Lipinski definition) is 3. The highest BCUT2D eigenvalue weighted by atomic mass is 16.3. The minimum atomic E-state index is -0.880. The number of hydrogen-bond donors (Lipinski definition) is 1. The molecule has 4 fully saturated rings. The molecule has 5 rings (SSSR count). The molecular formula is C28H46N2O2. The van der Waals surface area contributed by atoms with E-state index >= 15 is 0 Å². The molecule has 180 valence electrons. The van der Waals surface area contributed by atoms with Crippen molar-refractivity contribution in [2.75, 3.05) is 20.6 Å². The fourth-order valence-corrected chi connectivity index (χ4v) is 9.45. The lowest BCUT2D eigenvalue weighted by atomic mass is 9.47. The normalized spacial score (nSPS) is 46.7. The van der Waals surface area contributed by atoms with E-state index in [0.717, 1.165) is 42.6 Å². The van der Waals surface area contributed by atoms with Gasteiger partial charge in [-0.3, -0.25) is 4.79 Å². The summed E-state index contributed by atoms with van der Waals surface area (Å²) in [5.74, 6) is 3.38. The molecule has 4 aliphatic carbocycles. The zero-order valence-electron chi connectivity index (χ0n) is 21.3. The van der Waals surface area contributed by atoms with Crippen molar-refractivity contribution in [2.24, 2.45) is 40.4 Å². The van der Waals surface area contributed by atoms with E-state index in [0.29, 0.717) is 10.8 Å². The molecular weight excluding hydrogens is 396 g/mol. The summed E-state index contributed by atoms with van der Waals surface area (Å²) >= 11 is 0. The number of likely N-dealkylation sites (tertiary alicyclic amines) is 1. The second-order valence-electron chi connectivity index (χ2n) is 12.9. The van der Waals surface area contributed by atoms with Crippen LogP contribution in [0.25, 0.3) is 0 Å². The molecule has 4 heteroatoms. The first-order valence-corrected chi connectivity index (χ1v) is 13.4. The lowest BCUT2D eigenvalue weighted by Gasteiger charge is -2.58. The van der Waals surface area contributed by atoms with Gasteiger partial charge in [0.2, 0.25) is 0 Å². The molecule has 1 heterocycles. The van der Waals surface area contributed by atoms with Crippen molar-refractivity contribution in [3.63, 3.8) is 0 Å². The second-order valence-corrected chi connectivity index (χ2v) is 12.9. The molecule has 1 N–H and O–H groups in total. The van der Waals surface area contributed by atoms with Gasteiger partial charge in [-0.2, -0.15) is 0 Å². The first kappa shape index (κ1) is 22.9. The first-order chi connectivity index (χ1) is 15.1. The van der Waals surface area contributed by atoms with Gasteiger partial charge < -0.3 is 14.9 Å². The van der Waals surface area contributed by atoms with Gasteiger partial charge in [0.25, 0.3) is 5.91 Å². The van der Waals surface area contributed by atoms with Crippen LogP contribution in [0.5, 0.6) is 0 Å². The van der Waals surface area contributed by atoms with E-state index in [-0.39, 0.29) is 17.9 Å². The van der Waals surface area contributed by atoms with Crippen LogP contribution >= 0.6 is 0 Å². The third-order valence-corrected chi connectivity index (χ3v) is 11.5. The molecule has 0 aromatic heterocycles. The Bertz CT molecular complexity index is 792. The molecule has 32 heavy (non-hydrogen) atoms. The summed E-state index contributed by atoms with van der Waals surface area (Å²) < 4.78 is 0. The lowest BCUT2D eigenvalue weighted by Crippen LogP contribution is -2.53. The smallest absolute Gasteiger partial charge is 0.251 e. The molecule has 4 nitrogen and oxygen atoms in total. The third-order valence-electron chi connectivity index (χ3n) is 11.5. The lowest BCUT2D eigenvalue weighted by molar-refractivity contribution is -0.144. The van der Waals surface area contributed by atoms with Crippen LogP contribution in [0, 0.1) is 40.4 Å².